The van der Waals surface area contributed by atoms with E-state index in [1.54, 1.807) is 27.6 Å². The number of benzene rings is 1. The molecule has 35 heavy (non-hydrogen) atoms. The molecular weight excluding hydrogens is 491 g/mol. The van der Waals surface area contributed by atoms with Crippen LogP contribution in [0.25, 0.3) is 5.00 Å². The minimum atomic E-state index is -4.48. The number of hydrogen-bond acceptors (Lipinski definition) is 3. The lowest BCUT2D eigenvalue weighted by Gasteiger charge is -2.30. The molecule has 4 aromatic rings. The van der Waals surface area contributed by atoms with E-state index in [-0.39, 0.29) is 11.7 Å². The van der Waals surface area contributed by atoms with Crippen LogP contribution in [0.1, 0.15) is 51.0 Å². The number of nitrogens with one attached hydrogen (secondary N) is 1. The third-order valence-corrected chi connectivity index (χ3v) is 8.95. The highest BCUT2D eigenvalue weighted by Gasteiger charge is 2.37. The van der Waals surface area contributed by atoms with E-state index in [1.165, 1.54) is 29.0 Å². The lowest BCUT2D eigenvalue weighted by molar-refractivity contribution is -0.137. The third-order valence-electron chi connectivity index (χ3n) is 6.69. The van der Waals surface area contributed by atoms with Gasteiger partial charge in [-0.2, -0.15) is 13.2 Å². The molecule has 0 radical (unpaired) electrons. The molecule has 0 bridgehead atoms. The first-order valence-electron chi connectivity index (χ1n) is 11.5. The van der Waals surface area contributed by atoms with E-state index in [9.17, 15) is 18.0 Å². The molecule has 0 fully saturated rings. The maximum absolute atomic E-state index is 13.8. The van der Waals surface area contributed by atoms with Crippen LogP contribution in [-0.2, 0) is 25.6 Å². The Morgan fingerprint density at radius 3 is 2.69 bits per heavy atom. The van der Waals surface area contributed by atoms with Gasteiger partial charge in [-0.1, -0.05) is 12.1 Å². The summed E-state index contributed by atoms with van der Waals surface area (Å²) in [5.41, 5.74) is 2.80. The number of amides is 2. The average Bonchev–Trinajstić information content (AvgIpc) is 3.58. The fourth-order valence-corrected chi connectivity index (χ4v) is 7.35. The Labute approximate surface area is 208 Å². The average molecular weight is 514 g/mol. The van der Waals surface area contributed by atoms with Crippen LogP contribution in [0.5, 0.6) is 0 Å². The van der Waals surface area contributed by atoms with Crippen LogP contribution in [-0.4, -0.2) is 15.5 Å². The lowest BCUT2D eigenvalue weighted by atomic mass is 9.95. The number of alkyl halides is 3. The third kappa shape index (κ3) is 3.96. The molecule has 6 rings (SSSR count). The molecule has 2 aliphatic rings. The second-order valence-electron chi connectivity index (χ2n) is 8.85. The van der Waals surface area contributed by atoms with Gasteiger partial charge in [-0.15, -0.1) is 22.7 Å². The predicted molar refractivity (Wildman–Crippen MR) is 132 cm³/mol. The second kappa shape index (κ2) is 8.57. The van der Waals surface area contributed by atoms with Gasteiger partial charge < -0.3 is 14.8 Å². The summed E-state index contributed by atoms with van der Waals surface area (Å²) in [5.74, 6) is 0. The molecule has 9 heteroatoms. The number of carbonyl (C=O) groups excluding carboxylic acids is 1. The first kappa shape index (κ1) is 22.4. The summed E-state index contributed by atoms with van der Waals surface area (Å²) in [6.07, 6.45) is 1.90. The van der Waals surface area contributed by atoms with Crippen LogP contribution in [0.15, 0.2) is 60.1 Å². The van der Waals surface area contributed by atoms with Crippen molar-refractivity contribution in [3.05, 3.63) is 92.2 Å². The van der Waals surface area contributed by atoms with E-state index in [1.807, 2.05) is 35.8 Å². The number of rotatable bonds is 2. The van der Waals surface area contributed by atoms with Gasteiger partial charge in [0.25, 0.3) is 0 Å². The zero-order valence-corrected chi connectivity index (χ0v) is 20.3. The van der Waals surface area contributed by atoms with Crippen molar-refractivity contribution in [3.63, 3.8) is 0 Å². The second-order valence-corrected chi connectivity index (χ2v) is 10.9. The van der Waals surface area contributed by atoms with Gasteiger partial charge in [-0.25, -0.2) is 4.79 Å². The number of halogens is 3. The normalized spacial score (nSPS) is 17.3. The van der Waals surface area contributed by atoms with E-state index < -0.39 is 17.8 Å². The van der Waals surface area contributed by atoms with E-state index >= 15 is 0 Å². The summed E-state index contributed by atoms with van der Waals surface area (Å²) in [4.78, 5) is 17.9. The Hall–Kier alpha value is -3.04. The van der Waals surface area contributed by atoms with E-state index in [4.69, 9.17) is 0 Å². The Morgan fingerprint density at radius 2 is 1.89 bits per heavy atom. The molecular formula is C26H22F3N3OS2. The van der Waals surface area contributed by atoms with Crippen molar-refractivity contribution in [1.29, 1.82) is 0 Å². The van der Waals surface area contributed by atoms with Gasteiger partial charge >= 0.3 is 12.2 Å². The molecule has 1 aliphatic heterocycles. The number of hydrogen-bond donors (Lipinski definition) is 1. The standard InChI is InChI=1S/C26H22F3N3OS2/c27-26(28,29)16-6-3-7-17(14-16)30-25(33)32-15-19-18-8-1-2-10-21(18)35-24(19)31-12-4-9-20(31)23(32)22-11-5-13-34-22/h3-7,9,11-14,23H,1-2,8,10,15H2,(H,30,33)/t23-/m0/s1. The molecule has 0 saturated heterocycles. The number of thiophene rings is 2. The lowest BCUT2D eigenvalue weighted by Crippen LogP contribution is -2.37. The van der Waals surface area contributed by atoms with Crippen LogP contribution >= 0.6 is 22.7 Å². The molecule has 1 aliphatic carbocycles. The maximum atomic E-state index is 13.8. The molecule has 180 valence electrons. The molecule has 0 spiro atoms. The number of anilines is 1. The zero-order chi connectivity index (χ0) is 24.2. The highest BCUT2D eigenvalue weighted by Crippen LogP contribution is 2.45. The van der Waals surface area contributed by atoms with Crippen LogP contribution in [0.2, 0.25) is 0 Å². The summed E-state index contributed by atoms with van der Waals surface area (Å²) in [7, 11) is 0. The number of aryl methyl sites for hydroxylation is 1. The Kier molecular flexibility index (Phi) is 5.49. The van der Waals surface area contributed by atoms with Gasteiger partial charge in [0, 0.05) is 27.2 Å². The minimum Gasteiger partial charge on any atom is -0.310 e. The summed E-state index contributed by atoms with van der Waals surface area (Å²) in [6, 6.07) is 12.0. The van der Waals surface area contributed by atoms with Crippen molar-refractivity contribution in [2.45, 2.75) is 44.4 Å². The van der Waals surface area contributed by atoms with Crippen molar-refractivity contribution in [2.24, 2.45) is 0 Å². The van der Waals surface area contributed by atoms with Crippen LogP contribution < -0.4 is 5.32 Å². The SMILES string of the molecule is O=C(Nc1cccc(C(F)(F)F)c1)N1Cc2c(sc3c2CCCC3)-n2cccc2[C@H]1c1cccs1. The highest BCUT2D eigenvalue weighted by atomic mass is 32.1. The molecule has 3 aromatic heterocycles. The molecule has 4 nitrogen and oxygen atoms in total. The molecule has 1 atom stereocenters. The van der Waals surface area contributed by atoms with E-state index in [2.05, 4.69) is 9.88 Å². The Bertz CT molecular complexity index is 1390. The minimum absolute atomic E-state index is 0.127. The number of urea groups is 1. The highest BCUT2D eigenvalue weighted by molar-refractivity contribution is 7.15. The summed E-state index contributed by atoms with van der Waals surface area (Å²) in [5, 5.41) is 5.88. The number of nitrogens with zero attached hydrogens (tertiary/aromatic N) is 2. The van der Waals surface area contributed by atoms with E-state index in [0.717, 1.165) is 52.5 Å². The molecule has 0 saturated carbocycles. The molecule has 2 amide bonds. The molecule has 0 unspecified atom stereocenters. The summed E-state index contributed by atoms with van der Waals surface area (Å²) >= 11 is 3.37. The monoisotopic (exact) mass is 513 g/mol. The number of fused-ring (bicyclic) bond motifs is 5. The van der Waals surface area contributed by atoms with Gasteiger partial charge in [0.15, 0.2) is 0 Å². The number of aromatic nitrogens is 1. The van der Waals surface area contributed by atoms with Crippen molar-refractivity contribution in [2.75, 3.05) is 5.32 Å². The summed E-state index contributed by atoms with van der Waals surface area (Å²) in [6.45, 7) is 0.399. The van der Waals surface area contributed by atoms with Crippen molar-refractivity contribution in [3.8, 4) is 5.00 Å². The van der Waals surface area contributed by atoms with Gasteiger partial charge in [0.2, 0.25) is 0 Å². The largest absolute Gasteiger partial charge is 0.416 e. The van der Waals surface area contributed by atoms with Gasteiger partial charge in [0.1, 0.15) is 11.0 Å². The Balaban J connectivity index is 1.44. The fourth-order valence-electron chi connectivity index (χ4n) is 5.10. The van der Waals surface area contributed by atoms with E-state index in [0.29, 0.717) is 6.54 Å². The first-order chi connectivity index (χ1) is 16.9. The van der Waals surface area contributed by atoms with Crippen LogP contribution in [0.4, 0.5) is 23.7 Å². The topological polar surface area (TPSA) is 37.3 Å². The fraction of sp³-hybridized carbons (Fsp3) is 0.269. The quantitative estimate of drug-likeness (QED) is 0.294. The van der Waals surface area contributed by atoms with Gasteiger partial charge in [-0.3, -0.25) is 0 Å². The number of carbonyl (C=O) groups is 1. The molecule has 1 N–H and O–H groups in total. The zero-order valence-electron chi connectivity index (χ0n) is 18.6. The predicted octanol–water partition coefficient (Wildman–Crippen LogP) is 7.64. The van der Waals surface area contributed by atoms with Gasteiger partial charge in [-0.05, 0) is 73.0 Å². The van der Waals surface area contributed by atoms with Gasteiger partial charge in [0.05, 0.1) is 17.8 Å². The van der Waals surface area contributed by atoms with Crippen molar-refractivity contribution in [1.82, 2.24) is 9.47 Å². The van der Waals surface area contributed by atoms with Crippen molar-refractivity contribution >= 4 is 34.4 Å². The first-order valence-corrected chi connectivity index (χ1v) is 13.2. The molecule has 4 heterocycles. The summed E-state index contributed by atoms with van der Waals surface area (Å²) < 4.78 is 42.0. The van der Waals surface area contributed by atoms with Crippen LogP contribution in [0.3, 0.4) is 0 Å². The smallest absolute Gasteiger partial charge is 0.310 e. The van der Waals surface area contributed by atoms with Crippen molar-refractivity contribution < 1.29 is 18.0 Å². The Morgan fingerprint density at radius 1 is 1.03 bits per heavy atom. The maximum Gasteiger partial charge on any atom is 0.416 e. The van der Waals surface area contributed by atoms with Crippen LogP contribution in [0, 0.1) is 0 Å². The molecule has 1 aromatic carbocycles.